The van der Waals surface area contributed by atoms with Gasteiger partial charge >= 0.3 is 5.97 Å². The van der Waals surface area contributed by atoms with Gasteiger partial charge in [-0.25, -0.2) is 4.79 Å². The molecule has 0 amide bonds. The van der Waals surface area contributed by atoms with E-state index in [9.17, 15) is 4.79 Å². The van der Waals surface area contributed by atoms with E-state index in [0.717, 1.165) is 6.42 Å². The fourth-order valence-corrected chi connectivity index (χ4v) is 1.17. The van der Waals surface area contributed by atoms with Gasteiger partial charge in [-0.2, -0.15) is 5.10 Å². The maximum atomic E-state index is 10.8. The van der Waals surface area contributed by atoms with E-state index in [1.54, 1.807) is 0 Å². The van der Waals surface area contributed by atoms with E-state index in [1.807, 2.05) is 6.92 Å². The van der Waals surface area contributed by atoms with Gasteiger partial charge in [0, 0.05) is 6.20 Å². The topological polar surface area (TPSA) is 81.1 Å². The Morgan fingerprint density at radius 1 is 1.85 bits per heavy atom. The summed E-state index contributed by atoms with van der Waals surface area (Å²) in [4.78, 5) is 10.8. The van der Waals surface area contributed by atoms with Crippen molar-refractivity contribution in [2.75, 3.05) is 5.73 Å². The first kappa shape index (κ1) is 9.57. The zero-order valence-electron chi connectivity index (χ0n) is 7.47. The monoisotopic (exact) mass is 183 g/mol. The van der Waals surface area contributed by atoms with Crippen molar-refractivity contribution in [3.63, 3.8) is 0 Å². The van der Waals surface area contributed by atoms with E-state index in [4.69, 9.17) is 10.8 Å². The highest BCUT2D eigenvalue weighted by Crippen LogP contribution is 2.14. The zero-order chi connectivity index (χ0) is 9.84. The standard InChI is InChI=1S/C8H13N3O2/c1-2-3-7(8(12)13)11-5-6(9)4-10-11/h4-5,7H,2-3,9H2,1H3,(H,12,13). The molecular formula is C8H13N3O2. The van der Waals surface area contributed by atoms with Crippen LogP contribution in [0.4, 0.5) is 5.69 Å². The minimum atomic E-state index is -0.870. The summed E-state index contributed by atoms with van der Waals surface area (Å²) in [6.45, 7) is 1.93. The first-order valence-electron chi connectivity index (χ1n) is 4.17. The molecule has 0 aliphatic rings. The van der Waals surface area contributed by atoms with Gasteiger partial charge in [0.25, 0.3) is 0 Å². The van der Waals surface area contributed by atoms with Gasteiger partial charge in [-0.1, -0.05) is 13.3 Å². The van der Waals surface area contributed by atoms with Gasteiger partial charge in [-0.15, -0.1) is 0 Å². The number of anilines is 1. The minimum Gasteiger partial charge on any atom is -0.480 e. The highest BCUT2D eigenvalue weighted by atomic mass is 16.4. The Balaban J connectivity index is 2.81. The molecule has 0 radical (unpaired) electrons. The molecule has 5 heteroatoms. The number of carboxylic acids is 1. The number of aliphatic carboxylic acids is 1. The zero-order valence-corrected chi connectivity index (χ0v) is 7.47. The smallest absolute Gasteiger partial charge is 0.328 e. The van der Waals surface area contributed by atoms with Crippen molar-refractivity contribution < 1.29 is 9.90 Å². The summed E-state index contributed by atoms with van der Waals surface area (Å²) < 4.78 is 1.39. The number of nitrogens with zero attached hydrogens (tertiary/aromatic N) is 2. The van der Waals surface area contributed by atoms with Gasteiger partial charge in [-0.3, -0.25) is 4.68 Å². The molecule has 1 aromatic heterocycles. The maximum absolute atomic E-state index is 10.8. The third-order valence-electron chi connectivity index (χ3n) is 1.79. The molecule has 5 nitrogen and oxygen atoms in total. The van der Waals surface area contributed by atoms with Crippen LogP contribution < -0.4 is 5.73 Å². The number of hydrogen-bond acceptors (Lipinski definition) is 3. The Labute approximate surface area is 76.2 Å². The molecule has 1 unspecified atom stereocenters. The summed E-state index contributed by atoms with van der Waals surface area (Å²) in [6.07, 6.45) is 4.35. The van der Waals surface area contributed by atoms with Gasteiger partial charge in [0.15, 0.2) is 0 Å². The molecule has 13 heavy (non-hydrogen) atoms. The predicted octanol–water partition coefficient (Wildman–Crippen LogP) is 0.891. The van der Waals surface area contributed by atoms with Gasteiger partial charge in [-0.05, 0) is 6.42 Å². The molecule has 1 heterocycles. The largest absolute Gasteiger partial charge is 0.480 e. The molecule has 0 aliphatic carbocycles. The van der Waals surface area contributed by atoms with Crippen LogP contribution in [0.5, 0.6) is 0 Å². The van der Waals surface area contributed by atoms with Gasteiger partial charge < -0.3 is 10.8 Å². The van der Waals surface area contributed by atoms with Crippen LogP contribution >= 0.6 is 0 Å². The molecule has 0 spiro atoms. The van der Waals surface area contributed by atoms with Crippen molar-refractivity contribution in [2.24, 2.45) is 0 Å². The van der Waals surface area contributed by atoms with Crippen molar-refractivity contribution in [3.8, 4) is 0 Å². The van der Waals surface area contributed by atoms with Crippen molar-refractivity contribution >= 4 is 11.7 Å². The molecule has 1 atom stereocenters. The van der Waals surface area contributed by atoms with Crippen LogP contribution in [0.2, 0.25) is 0 Å². The van der Waals surface area contributed by atoms with Crippen molar-refractivity contribution in [2.45, 2.75) is 25.8 Å². The summed E-state index contributed by atoms with van der Waals surface area (Å²) in [5.74, 6) is -0.870. The van der Waals surface area contributed by atoms with Crippen LogP contribution in [0.25, 0.3) is 0 Å². The van der Waals surface area contributed by atoms with E-state index >= 15 is 0 Å². The van der Waals surface area contributed by atoms with Gasteiger partial charge in [0.1, 0.15) is 6.04 Å². The average molecular weight is 183 g/mol. The minimum absolute atomic E-state index is 0.488. The lowest BCUT2D eigenvalue weighted by molar-refractivity contribution is -0.141. The SMILES string of the molecule is CCCC(C(=O)O)n1cc(N)cn1. The van der Waals surface area contributed by atoms with E-state index in [2.05, 4.69) is 5.10 Å². The predicted molar refractivity (Wildman–Crippen MR) is 48.2 cm³/mol. The molecule has 0 aromatic carbocycles. The number of carboxylic acid groups (broad SMARTS) is 1. The molecule has 0 saturated carbocycles. The summed E-state index contributed by atoms with van der Waals surface area (Å²) in [5.41, 5.74) is 5.92. The Hall–Kier alpha value is -1.52. The first-order chi connectivity index (χ1) is 6.15. The quantitative estimate of drug-likeness (QED) is 0.726. The van der Waals surface area contributed by atoms with Crippen molar-refractivity contribution in [1.82, 2.24) is 9.78 Å². The van der Waals surface area contributed by atoms with Crippen LogP contribution in [-0.2, 0) is 4.79 Å². The molecule has 0 aliphatic heterocycles. The molecular weight excluding hydrogens is 170 g/mol. The molecule has 1 aromatic rings. The maximum Gasteiger partial charge on any atom is 0.328 e. The normalized spacial score (nSPS) is 12.7. The van der Waals surface area contributed by atoms with Gasteiger partial charge in [0.05, 0.1) is 11.9 Å². The summed E-state index contributed by atoms with van der Waals surface area (Å²) in [5, 5.41) is 12.7. The van der Waals surface area contributed by atoms with Crippen LogP contribution in [-0.4, -0.2) is 20.9 Å². The van der Waals surface area contributed by atoms with Crippen LogP contribution in [0.3, 0.4) is 0 Å². The number of carbonyl (C=O) groups is 1. The first-order valence-corrected chi connectivity index (χ1v) is 4.17. The van der Waals surface area contributed by atoms with Crippen molar-refractivity contribution in [3.05, 3.63) is 12.4 Å². The Morgan fingerprint density at radius 3 is 2.92 bits per heavy atom. The second kappa shape index (κ2) is 3.93. The molecule has 0 fully saturated rings. The van der Waals surface area contributed by atoms with Crippen molar-refractivity contribution in [1.29, 1.82) is 0 Å². The van der Waals surface area contributed by atoms with E-state index < -0.39 is 12.0 Å². The fraction of sp³-hybridized carbons (Fsp3) is 0.500. The summed E-state index contributed by atoms with van der Waals surface area (Å²) >= 11 is 0. The molecule has 1 rings (SSSR count). The second-order valence-corrected chi connectivity index (χ2v) is 2.90. The fourth-order valence-electron chi connectivity index (χ4n) is 1.17. The molecule has 0 saturated heterocycles. The molecule has 0 bridgehead atoms. The third kappa shape index (κ3) is 2.21. The highest BCUT2D eigenvalue weighted by Gasteiger charge is 2.18. The number of rotatable bonds is 4. The lowest BCUT2D eigenvalue weighted by Crippen LogP contribution is -2.19. The third-order valence-corrected chi connectivity index (χ3v) is 1.79. The lowest BCUT2D eigenvalue weighted by atomic mass is 10.2. The van der Waals surface area contributed by atoms with Gasteiger partial charge in [0.2, 0.25) is 0 Å². The number of nitrogen functional groups attached to an aromatic ring is 1. The molecule has 72 valence electrons. The van der Waals surface area contributed by atoms with Crippen LogP contribution in [0.15, 0.2) is 12.4 Å². The Morgan fingerprint density at radius 2 is 2.54 bits per heavy atom. The summed E-state index contributed by atoms with van der Waals surface area (Å²) in [6, 6.07) is -0.595. The van der Waals surface area contributed by atoms with E-state index in [1.165, 1.54) is 17.1 Å². The Kier molecular flexibility index (Phi) is 2.89. The average Bonchev–Trinajstić information content (AvgIpc) is 2.46. The van der Waals surface area contributed by atoms with E-state index in [-0.39, 0.29) is 0 Å². The Bertz CT molecular complexity index is 295. The van der Waals surface area contributed by atoms with Crippen LogP contribution in [0, 0.1) is 0 Å². The number of nitrogens with two attached hydrogens (primary N) is 1. The summed E-state index contributed by atoms with van der Waals surface area (Å²) in [7, 11) is 0. The van der Waals surface area contributed by atoms with E-state index in [0.29, 0.717) is 12.1 Å². The number of aromatic nitrogens is 2. The second-order valence-electron chi connectivity index (χ2n) is 2.90. The highest BCUT2D eigenvalue weighted by molar-refractivity contribution is 5.71. The molecule has 3 N–H and O–H groups in total. The number of hydrogen-bond donors (Lipinski definition) is 2. The lowest BCUT2D eigenvalue weighted by Gasteiger charge is -2.10. The van der Waals surface area contributed by atoms with Crippen LogP contribution in [0.1, 0.15) is 25.8 Å².